The van der Waals surface area contributed by atoms with Crippen molar-refractivity contribution < 1.29 is 9.18 Å². The van der Waals surface area contributed by atoms with Crippen LogP contribution in [0.5, 0.6) is 0 Å². The molecular formula is C11H12FN3O. The summed E-state index contributed by atoms with van der Waals surface area (Å²) in [7, 11) is 3.20. The third kappa shape index (κ3) is 2.95. The quantitative estimate of drug-likeness (QED) is 0.822. The maximum Gasteiger partial charge on any atom is 0.317 e. The average Bonchev–Trinajstić information content (AvgIpc) is 2.26. The Morgan fingerprint density at radius 2 is 2.25 bits per heavy atom. The summed E-state index contributed by atoms with van der Waals surface area (Å²) in [4.78, 5) is 12.6. The summed E-state index contributed by atoms with van der Waals surface area (Å²) < 4.78 is 13.4. The van der Waals surface area contributed by atoms with Crippen LogP contribution in [0.3, 0.4) is 0 Å². The van der Waals surface area contributed by atoms with Crippen molar-refractivity contribution in [1.82, 2.24) is 10.2 Å². The zero-order chi connectivity index (χ0) is 12.1. The van der Waals surface area contributed by atoms with Crippen LogP contribution in [0.1, 0.15) is 11.1 Å². The van der Waals surface area contributed by atoms with Crippen molar-refractivity contribution in [2.24, 2.45) is 0 Å². The molecule has 0 spiro atoms. The molecule has 0 aliphatic carbocycles. The molecule has 0 aromatic heterocycles. The van der Waals surface area contributed by atoms with Crippen LogP contribution in [0.15, 0.2) is 18.2 Å². The van der Waals surface area contributed by atoms with Crippen molar-refractivity contribution in [3.63, 3.8) is 0 Å². The lowest BCUT2D eigenvalue weighted by atomic mass is 10.1. The lowest BCUT2D eigenvalue weighted by Gasteiger charge is -2.12. The fourth-order valence-corrected chi connectivity index (χ4v) is 1.09. The van der Waals surface area contributed by atoms with Gasteiger partial charge in [-0.2, -0.15) is 5.26 Å². The molecule has 0 fully saturated rings. The van der Waals surface area contributed by atoms with E-state index in [1.165, 1.54) is 17.0 Å². The van der Waals surface area contributed by atoms with E-state index in [4.69, 9.17) is 5.26 Å². The van der Waals surface area contributed by atoms with Gasteiger partial charge in [-0.1, -0.05) is 6.07 Å². The molecule has 1 N–H and O–H groups in total. The van der Waals surface area contributed by atoms with Gasteiger partial charge in [0.2, 0.25) is 0 Å². The zero-order valence-electron chi connectivity index (χ0n) is 9.12. The molecule has 1 aromatic rings. The van der Waals surface area contributed by atoms with Gasteiger partial charge in [-0.3, -0.25) is 0 Å². The summed E-state index contributed by atoms with van der Waals surface area (Å²) in [6, 6.07) is 5.71. The number of halogens is 1. The number of carbonyl (C=O) groups excluding carboxylic acids is 1. The summed E-state index contributed by atoms with van der Waals surface area (Å²) in [5.74, 6) is -0.488. The van der Waals surface area contributed by atoms with Gasteiger partial charge in [0.15, 0.2) is 0 Å². The van der Waals surface area contributed by atoms with Crippen molar-refractivity contribution in [3.8, 4) is 6.07 Å². The minimum absolute atomic E-state index is 0.106. The molecule has 84 valence electrons. The van der Waals surface area contributed by atoms with E-state index in [0.29, 0.717) is 5.56 Å². The molecule has 16 heavy (non-hydrogen) atoms. The predicted octanol–water partition coefficient (Wildman–Crippen LogP) is 1.47. The van der Waals surface area contributed by atoms with E-state index in [9.17, 15) is 9.18 Å². The van der Waals surface area contributed by atoms with Crippen LogP contribution < -0.4 is 5.32 Å². The Labute approximate surface area is 93.3 Å². The van der Waals surface area contributed by atoms with Crippen molar-refractivity contribution >= 4 is 6.03 Å². The molecule has 4 nitrogen and oxygen atoms in total. The molecule has 0 radical (unpaired) electrons. The Morgan fingerprint density at radius 1 is 1.56 bits per heavy atom. The van der Waals surface area contributed by atoms with Gasteiger partial charge in [0.25, 0.3) is 0 Å². The summed E-state index contributed by atoms with van der Waals surface area (Å²) in [6.45, 7) is 0.106. The van der Waals surface area contributed by atoms with Gasteiger partial charge in [-0.25, -0.2) is 9.18 Å². The van der Waals surface area contributed by atoms with Crippen LogP contribution in [-0.4, -0.2) is 25.0 Å². The van der Waals surface area contributed by atoms with E-state index in [0.717, 1.165) is 6.07 Å². The average molecular weight is 221 g/mol. The Balaban J connectivity index is 2.69. The van der Waals surface area contributed by atoms with Crippen LogP contribution in [0, 0.1) is 17.1 Å². The number of nitriles is 1. The van der Waals surface area contributed by atoms with Crippen molar-refractivity contribution in [2.45, 2.75) is 6.54 Å². The highest BCUT2D eigenvalue weighted by Crippen LogP contribution is 2.09. The highest BCUT2D eigenvalue weighted by molar-refractivity contribution is 5.73. The summed E-state index contributed by atoms with van der Waals surface area (Å²) in [6.07, 6.45) is 0. The van der Waals surface area contributed by atoms with Gasteiger partial charge in [0.05, 0.1) is 11.6 Å². The van der Waals surface area contributed by atoms with E-state index in [1.807, 2.05) is 6.07 Å². The second-order valence-corrected chi connectivity index (χ2v) is 3.47. The fraction of sp³-hybridized carbons (Fsp3) is 0.273. The number of hydrogen-bond acceptors (Lipinski definition) is 2. The number of carbonyl (C=O) groups is 1. The molecule has 0 aliphatic heterocycles. The largest absolute Gasteiger partial charge is 0.334 e. The third-order valence-electron chi connectivity index (χ3n) is 2.02. The van der Waals surface area contributed by atoms with Crippen molar-refractivity contribution in [1.29, 1.82) is 5.26 Å². The maximum absolute atomic E-state index is 13.4. The highest BCUT2D eigenvalue weighted by Gasteiger charge is 2.06. The van der Waals surface area contributed by atoms with E-state index in [-0.39, 0.29) is 18.1 Å². The third-order valence-corrected chi connectivity index (χ3v) is 2.02. The minimum Gasteiger partial charge on any atom is -0.334 e. The molecule has 2 amide bonds. The first-order valence-corrected chi connectivity index (χ1v) is 4.68. The second-order valence-electron chi connectivity index (χ2n) is 3.47. The molecule has 1 aromatic carbocycles. The lowest BCUT2D eigenvalue weighted by molar-refractivity contribution is 0.217. The Morgan fingerprint density at radius 3 is 2.75 bits per heavy atom. The predicted molar refractivity (Wildman–Crippen MR) is 57.0 cm³/mol. The first-order valence-electron chi connectivity index (χ1n) is 4.68. The molecule has 0 unspecified atom stereocenters. The molecule has 0 heterocycles. The van der Waals surface area contributed by atoms with Gasteiger partial charge in [-0.05, 0) is 12.1 Å². The van der Waals surface area contributed by atoms with Gasteiger partial charge in [0.1, 0.15) is 5.82 Å². The second kappa shape index (κ2) is 5.12. The first kappa shape index (κ1) is 12.0. The first-order chi connectivity index (χ1) is 7.54. The monoisotopic (exact) mass is 221 g/mol. The molecule has 5 heteroatoms. The highest BCUT2D eigenvalue weighted by atomic mass is 19.1. The van der Waals surface area contributed by atoms with Crippen LogP contribution in [-0.2, 0) is 6.54 Å². The molecule has 0 saturated carbocycles. The summed E-state index contributed by atoms with van der Waals surface area (Å²) in [5.41, 5.74) is 0.620. The normalized spacial score (nSPS) is 9.38. The molecular weight excluding hydrogens is 209 g/mol. The van der Waals surface area contributed by atoms with Gasteiger partial charge in [-0.15, -0.1) is 0 Å². The molecule has 0 bridgehead atoms. The van der Waals surface area contributed by atoms with E-state index < -0.39 is 5.82 Å². The molecule has 1 rings (SSSR count). The number of hydrogen-bond donors (Lipinski definition) is 1. The molecule has 0 saturated heterocycles. The van der Waals surface area contributed by atoms with Crippen LogP contribution in [0.2, 0.25) is 0 Å². The van der Waals surface area contributed by atoms with Crippen molar-refractivity contribution in [3.05, 3.63) is 35.1 Å². The number of nitrogens with one attached hydrogen (secondary N) is 1. The smallest absolute Gasteiger partial charge is 0.317 e. The van der Waals surface area contributed by atoms with Crippen LogP contribution >= 0.6 is 0 Å². The number of nitrogens with zero attached hydrogens (tertiary/aromatic N) is 2. The van der Waals surface area contributed by atoms with Crippen molar-refractivity contribution in [2.75, 3.05) is 14.1 Å². The van der Waals surface area contributed by atoms with Gasteiger partial charge in [0, 0.05) is 26.2 Å². The number of rotatable bonds is 2. The summed E-state index contributed by atoms with van der Waals surface area (Å²) >= 11 is 0. The molecule has 0 atom stereocenters. The number of urea groups is 1. The van der Waals surface area contributed by atoms with Gasteiger partial charge < -0.3 is 10.2 Å². The standard InChI is InChI=1S/C11H12FN3O/c1-15(2)11(16)14-7-9-4-3-8(6-13)5-10(9)12/h3-5H,7H2,1-2H3,(H,14,16). The zero-order valence-corrected chi connectivity index (χ0v) is 9.12. The Hall–Kier alpha value is -2.09. The van der Waals surface area contributed by atoms with Crippen LogP contribution in [0.25, 0.3) is 0 Å². The Bertz CT molecular complexity index is 437. The van der Waals surface area contributed by atoms with E-state index >= 15 is 0 Å². The topological polar surface area (TPSA) is 56.1 Å². The van der Waals surface area contributed by atoms with E-state index in [2.05, 4.69) is 5.32 Å². The number of amides is 2. The maximum atomic E-state index is 13.4. The number of benzene rings is 1. The summed E-state index contributed by atoms with van der Waals surface area (Å²) in [5, 5.41) is 11.1. The van der Waals surface area contributed by atoms with Crippen LogP contribution in [0.4, 0.5) is 9.18 Å². The van der Waals surface area contributed by atoms with E-state index in [1.54, 1.807) is 14.1 Å². The SMILES string of the molecule is CN(C)C(=O)NCc1ccc(C#N)cc1F. The minimum atomic E-state index is -0.488. The Kier molecular flexibility index (Phi) is 3.84. The van der Waals surface area contributed by atoms with Gasteiger partial charge >= 0.3 is 6.03 Å². The lowest BCUT2D eigenvalue weighted by Crippen LogP contribution is -2.34. The molecule has 0 aliphatic rings. The fourth-order valence-electron chi connectivity index (χ4n) is 1.09.